The van der Waals surface area contributed by atoms with E-state index in [2.05, 4.69) is 43.4 Å². The van der Waals surface area contributed by atoms with Crippen molar-refractivity contribution in [3.8, 4) is 0 Å². The second-order valence-electron chi connectivity index (χ2n) is 4.84. The highest BCUT2D eigenvalue weighted by Crippen LogP contribution is 2.31. The number of halogens is 3. The maximum absolute atomic E-state index is 6.19. The fourth-order valence-electron chi connectivity index (χ4n) is 1.96. The zero-order valence-corrected chi connectivity index (χ0v) is 13.7. The summed E-state index contributed by atoms with van der Waals surface area (Å²) < 4.78 is 0. The van der Waals surface area contributed by atoms with Crippen molar-refractivity contribution in [2.24, 2.45) is 0 Å². The molecular formula is C16H16Cl3N. The minimum atomic E-state index is 0.210. The van der Waals surface area contributed by atoms with E-state index in [0.717, 1.165) is 5.56 Å². The molecule has 2 aromatic rings. The third kappa shape index (κ3) is 3.67. The highest BCUT2D eigenvalue weighted by Gasteiger charge is 2.11. The van der Waals surface area contributed by atoms with E-state index in [1.165, 1.54) is 11.1 Å². The lowest BCUT2D eigenvalue weighted by Gasteiger charge is -2.16. The Bertz CT molecular complexity index is 593. The number of rotatable bonds is 4. The van der Waals surface area contributed by atoms with E-state index >= 15 is 0 Å². The van der Waals surface area contributed by atoms with Gasteiger partial charge < -0.3 is 5.32 Å². The maximum Gasteiger partial charge on any atom is 0.0652 e. The van der Waals surface area contributed by atoms with Gasteiger partial charge in [-0.2, -0.15) is 0 Å². The second kappa shape index (κ2) is 6.82. The molecule has 0 aliphatic heterocycles. The quantitative estimate of drug-likeness (QED) is 0.699. The van der Waals surface area contributed by atoms with Crippen molar-refractivity contribution in [2.45, 2.75) is 26.4 Å². The molecule has 0 bridgehead atoms. The van der Waals surface area contributed by atoms with Gasteiger partial charge in [0.2, 0.25) is 0 Å². The number of nitrogens with one attached hydrogen (secondary N) is 1. The standard InChI is InChI=1S/C16H16Cl3N/c1-10-3-5-12(6-4-10)11(2)20-9-13-14(17)7-8-15(18)16(13)19/h3-8,11,20H,9H2,1-2H3/t11-/m0/s1. The fraction of sp³-hybridized carbons (Fsp3) is 0.250. The molecular weight excluding hydrogens is 313 g/mol. The summed E-state index contributed by atoms with van der Waals surface area (Å²) in [5, 5.41) is 5.08. The Labute approximate surface area is 134 Å². The van der Waals surface area contributed by atoms with Gasteiger partial charge in [-0.25, -0.2) is 0 Å². The Morgan fingerprint density at radius 2 is 1.55 bits per heavy atom. The van der Waals surface area contributed by atoms with E-state index in [1.54, 1.807) is 12.1 Å². The topological polar surface area (TPSA) is 12.0 Å². The van der Waals surface area contributed by atoms with Gasteiger partial charge in [-0.1, -0.05) is 64.6 Å². The van der Waals surface area contributed by atoms with Crippen molar-refractivity contribution < 1.29 is 0 Å². The zero-order chi connectivity index (χ0) is 14.7. The van der Waals surface area contributed by atoms with Crippen molar-refractivity contribution >= 4 is 34.8 Å². The second-order valence-corrected chi connectivity index (χ2v) is 6.03. The first kappa shape index (κ1) is 15.7. The molecule has 0 unspecified atom stereocenters. The van der Waals surface area contributed by atoms with E-state index in [9.17, 15) is 0 Å². The third-order valence-corrected chi connectivity index (χ3v) is 4.50. The summed E-state index contributed by atoms with van der Waals surface area (Å²) in [5.41, 5.74) is 3.31. The van der Waals surface area contributed by atoms with E-state index < -0.39 is 0 Å². The Morgan fingerprint density at radius 3 is 2.20 bits per heavy atom. The predicted molar refractivity (Wildman–Crippen MR) is 87.9 cm³/mol. The van der Waals surface area contributed by atoms with Crippen molar-refractivity contribution in [3.63, 3.8) is 0 Å². The van der Waals surface area contributed by atoms with Crippen LogP contribution in [0, 0.1) is 6.92 Å². The predicted octanol–water partition coefficient (Wildman–Crippen LogP) is 5.81. The minimum Gasteiger partial charge on any atom is -0.306 e. The SMILES string of the molecule is Cc1ccc([C@H](C)NCc2c(Cl)ccc(Cl)c2Cl)cc1. The number of benzene rings is 2. The van der Waals surface area contributed by atoms with Gasteiger partial charge in [0.15, 0.2) is 0 Å². The number of hydrogen-bond donors (Lipinski definition) is 1. The van der Waals surface area contributed by atoms with Gasteiger partial charge in [0.05, 0.1) is 10.0 Å². The van der Waals surface area contributed by atoms with E-state index in [0.29, 0.717) is 21.6 Å². The first-order valence-electron chi connectivity index (χ1n) is 6.41. The van der Waals surface area contributed by atoms with Crippen molar-refractivity contribution in [2.75, 3.05) is 0 Å². The molecule has 1 atom stereocenters. The summed E-state index contributed by atoms with van der Waals surface area (Å²) in [5.74, 6) is 0. The molecule has 0 heterocycles. The third-order valence-electron chi connectivity index (χ3n) is 3.30. The lowest BCUT2D eigenvalue weighted by Crippen LogP contribution is -2.18. The monoisotopic (exact) mass is 327 g/mol. The Balaban J connectivity index is 2.09. The lowest BCUT2D eigenvalue weighted by molar-refractivity contribution is 0.575. The molecule has 0 spiro atoms. The van der Waals surface area contributed by atoms with Gasteiger partial charge in [-0.15, -0.1) is 0 Å². The molecule has 2 aromatic carbocycles. The maximum atomic E-state index is 6.19. The van der Waals surface area contributed by atoms with Gasteiger partial charge in [0.1, 0.15) is 0 Å². The zero-order valence-electron chi connectivity index (χ0n) is 11.4. The first-order valence-corrected chi connectivity index (χ1v) is 7.54. The summed E-state index contributed by atoms with van der Waals surface area (Å²) in [6, 6.07) is 12.1. The van der Waals surface area contributed by atoms with E-state index in [4.69, 9.17) is 34.8 Å². The summed E-state index contributed by atoms with van der Waals surface area (Å²) in [6.45, 7) is 4.76. The van der Waals surface area contributed by atoms with Crippen molar-refractivity contribution in [1.29, 1.82) is 0 Å². The molecule has 2 rings (SSSR count). The van der Waals surface area contributed by atoms with Crippen LogP contribution < -0.4 is 5.32 Å². The largest absolute Gasteiger partial charge is 0.306 e. The molecule has 20 heavy (non-hydrogen) atoms. The van der Waals surface area contributed by atoms with Crippen molar-refractivity contribution in [1.82, 2.24) is 5.32 Å². The number of aryl methyl sites for hydroxylation is 1. The van der Waals surface area contributed by atoms with Crippen LogP contribution in [0.15, 0.2) is 36.4 Å². The molecule has 0 saturated carbocycles. The first-order chi connectivity index (χ1) is 9.49. The molecule has 0 fully saturated rings. The summed E-state index contributed by atoms with van der Waals surface area (Å²) in [6.07, 6.45) is 0. The van der Waals surface area contributed by atoms with Gasteiger partial charge in [0.25, 0.3) is 0 Å². The summed E-state index contributed by atoms with van der Waals surface area (Å²) in [7, 11) is 0. The fourth-order valence-corrected chi connectivity index (χ4v) is 2.64. The number of hydrogen-bond acceptors (Lipinski definition) is 1. The minimum absolute atomic E-state index is 0.210. The van der Waals surface area contributed by atoms with Crippen LogP contribution in [0.2, 0.25) is 15.1 Å². The lowest BCUT2D eigenvalue weighted by atomic mass is 10.1. The molecule has 1 N–H and O–H groups in total. The molecule has 0 aliphatic rings. The molecule has 0 aliphatic carbocycles. The van der Waals surface area contributed by atoms with Gasteiger partial charge in [-0.05, 0) is 31.5 Å². The molecule has 106 valence electrons. The van der Waals surface area contributed by atoms with Gasteiger partial charge in [0, 0.05) is 23.2 Å². The van der Waals surface area contributed by atoms with Crippen LogP contribution in [-0.4, -0.2) is 0 Å². The average Bonchev–Trinajstić information content (AvgIpc) is 2.43. The summed E-state index contributed by atoms with van der Waals surface area (Å²) in [4.78, 5) is 0. The Hall–Kier alpha value is -0.730. The van der Waals surface area contributed by atoms with Crippen LogP contribution in [0.25, 0.3) is 0 Å². The Morgan fingerprint density at radius 1 is 0.950 bits per heavy atom. The van der Waals surface area contributed by atoms with Crippen LogP contribution in [0.3, 0.4) is 0 Å². The normalized spacial score (nSPS) is 12.4. The van der Waals surface area contributed by atoms with Crippen molar-refractivity contribution in [3.05, 3.63) is 68.2 Å². The molecule has 1 nitrogen and oxygen atoms in total. The highest BCUT2D eigenvalue weighted by atomic mass is 35.5. The highest BCUT2D eigenvalue weighted by molar-refractivity contribution is 6.44. The van der Waals surface area contributed by atoms with Crippen LogP contribution in [0.5, 0.6) is 0 Å². The van der Waals surface area contributed by atoms with Crippen LogP contribution in [-0.2, 0) is 6.54 Å². The summed E-state index contributed by atoms with van der Waals surface area (Å²) >= 11 is 18.4. The van der Waals surface area contributed by atoms with Crippen LogP contribution in [0.1, 0.15) is 29.7 Å². The molecule has 0 saturated heterocycles. The molecule has 0 radical (unpaired) electrons. The average molecular weight is 329 g/mol. The molecule has 0 amide bonds. The van der Waals surface area contributed by atoms with E-state index in [-0.39, 0.29) is 6.04 Å². The van der Waals surface area contributed by atoms with E-state index in [1.807, 2.05) is 0 Å². The Kier molecular flexibility index (Phi) is 5.34. The van der Waals surface area contributed by atoms with Gasteiger partial charge >= 0.3 is 0 Å². The van der Waals surface area contributed by atoms with Gasteiger partial charge in [-0.3, -0.25) is 0 Å². The molecule has 0 aromatic heterocycles. The smallest absolute Gasteiger partial charge is 0.0652 e. The van der Waals surface area contributed by atoms with Crippen LogP contribution >= 0.6 is 34.8 Å². The molecule has 4 heteroatoms. The van der Waals surface area contributed by atoms with Crippen LogP contribution in [0.4, 0.5) is 0 Å².